The minimum absolute atomic E-state index is 0.152. The van der Waals surface area contributed by atoms with Gasteiger partial charge >= 0.3 is 0 Å². The molecule has 0 aromatic heterocycles. The SMILES string of the molecule is CCCCCCCCCCCCCCCCNC(=O)c1ccc([N+](=O)[O-])cc1[N+](=O)[O-]. The molecule has 0 bridgehead atoms. The van der Waals surface area contributed by atoms with Gasteiger partial charge in [-0.05, 0) is 12.5 Å². The molecule has 8 nitrogen and oxygen atoms in total. The van der Waals surface area contributed by atoms with E-state index in [9.17, 15) is 25.0 Å². The molecule has 0 aliphatic carbocycles. The molecule has 0 atom stereocenters. The smallest absolute Gasteiger partial charge is 0.289 e. The summed E-state index contributed by atoms with van der Waals surface area (Å²) in [5.74, 6) is -0.573. The Morgan fingerprint density at radius 3 is 1.71 bits per heavy atom. The number of carbonyl (C=O) groups is 1. The van der Waals surface area contributed by atoms with Crippen LogP contribution in [0.3, 0.4) is 0 Å². The molecule has 0 radical (unpaired) electrons. The normalized spacial score (nSPS) is 10.7. The Hall–Kier alpha value is -2.51. The van der Waals surface area contributed by atoms with Gasteiger partial charge in [-0.25, -0.2) is 0 Å². The molecule has 1 aromatic carbocycles. The summed E-state index contributed by atoms with van der Waals surface area (Å²) in [5.41, 5.74) is -1.11. The summed E-state index contributed by atoms with van der Waals surface area (Å²) in [7, 11) is 0. The van der Waals surface area contributed by atoms with Gasteiger partial charge in [0.05, 0.1) is 15.9 Å². The van der Waals surface area contributed by atoms with Crippen LogP contribution in [0.5, 0.6) is 0 Å². The number of hydrogen-bond donors (Lipinski definition) is 1. The molecular weight excluding hydrogens is 398 g/mol. The number of nitro benzene ring substituents is 2. The molecule has 0 aliphatic rings. The molecule has 0 spiro atoms. The lowest BCUT2D eigenvalue weighted by Gasteiger charge is -2.06. The van der Waals surface area contributed by atoms with Crippen molar-refractivity contribution in [3.05, 3.63) is 44.0 Å². The summed E-state index contributed by atoms with van der Waals surface area (Å²) in [4.78, 5) is 32.6. The van der Waals surface area contributed by atoms with Crippen LogP contribution in [0.25, 0.3) is 0 Å². The number of non-ortho nitro benzene ring substituents is 1. The fourth-order valence-electron chi connectivity index (χ4n) is 3.59. The van der Waals surface area contributed by atoms with E-state index >= 15 is 0 Å². The maximum atomic E-state index is 12.2. The molecule has 1 N–H and O–H groups in total. The Morgan fingerprint density at radius 2 is 1.26 bits per heavy atom. The molecule has 0 aliphatic heterocycles. The van der Waals surface area contributed by atoms with Crippen molar-refractivity contribution in [3.63, 3.8) is 0 Å². The summed E-state index contributed by atoms with van der Waals surface area (Å²) in [6.07, 6.45) is 17.5. The Morgan fingerprint density at radius 1 is 0.774 bits per heavy atom. The maximum Gasteiger partial charge on any atom is 0.289 e. The molecule has 1 rings (SSSR count). The highest BCUT2D eigenvalue weighted by molar-refractivity contribution is 5.98. The standard InChI is InChI=1S/C23H37N3O5/c1-2-3-4-5-6-7-8-9-10-11-12-13-14-15-18-24-23(27)21-17-16-20(25(28)29)19-22(21)26(30)31/h16-17,19H,2-15,18H2,1H3,(H,24,27). The van der Waals surface area contributed by atoms with Gasteiger partial charge in [-0.3, -0.25) is 25.0 Å². The van der Waals surface area contributed by atoms with E-state index in [2.05, 4.69) is 12.2 Å². The molecule has 0 saturated carbocycles. The van der Waals surface area contributed by atoms with E-state index in [0.29, 0.717) is 6.54 Å². The van der Waals surface area contributed by atoms with Crippen LogP contribution in [0.1, 0.15) is 107 Å². The van der Waals surface area contributed by atoms with E-state index < -0.39 is 27.1 Å². The molecule has 0 fully saturated rings. The predicted molar refractivity (Wildman–Crippen MR) is 122 cm³/mol. The van der Waals surface area contributed by atoms with Gasteiger partial charge in [-0.2, -0.15) is 0 Å². The third-order valence-corrected chi connectivity index (χ3v) is 5.45. The average Bonchev–Trinajstić information content (AvgIpc) is 2.75. The summed E-state index contributed by atoms with van der Waals surface area (Å²) in [6.45, 7) is 2.68. The summed E-state index contributed by atoms with van der Waals surface area (Å²) in [5, 5.41) is 24.6. The lowest BCUT2D eigenvalue weighted by molar-refractivity contribution is -0.394. The molecule has 174 valence electrons. The summed E-state index contributed by atoms with van der Waals surface area (Å²) in [6, 6.07) is 3.06. The van der Waals surface area contributed by atoms with Gasteiger partial charge in [0.1, 0.15) is 5.56 Å². The fraction of sp³-hybridized carbons (Fsp3) is 0.696. The van der Waals surface area contributed by atoms with Gasteiger partial charge in [0.15, 0.2) is 0 Å². The van der Waals surface area contributed by atoms with E-state index in [4.69, 9.17) is 0 Å². The van der Waals surface area contributed by atoms with E-state index in [1.54, 1.807) is 0 Å². The summed E-state index contributed by atoms with van der Waals surface area (Å²) >= 11 is 0. The summed E-state index contributed by atoms with van der Waals surface area (Å²) < 4.78 is 0. The van der Waals surface area contributed by atoms with Crippen molar-refractivity contribution in [2.24, 2.45) is 0 Å². The van der Waals surface area contributed by atoms with Gasteiger partial charge in [-0.1, -0.05) is 90.4 Å². The lowest BCUT2D eigenvalue weighted by atomic mass is 10.0. The topological polar surface area (TPSA) is 115 Å². The molecular formula is C23H37N3O5. The largest absolute Gasteiger partial charge is 0.352 e. The van der Waals surface area contributed by atoms with Crippen LogP contribution in [0, 0.1) is 20.2 Å². The monoisotopic (exact) mass is 435 g/mol. The molecule has 0 saturated heterocycles. The van der Waals surface area contributed by atoms with Crippen molar-refractivity contribution < 1.29 is 14.6 Å². The van der Waals surface area contributed by atoms with Crippen LogP contribution in [0.4, 0.5) is 11.4 Å². The second-order valence-corrected chi connectivity index (χ2v) is 8.07. The van der Waals surface area contributed by atoms with Gasteiger partial charge in [0.25, 0.3) is 17.3 Å². The number of hydrogen-bond acceptors (Lipinski definition) is 5. The quantitative estimate of drug-likeness (QED) is 0.156. The van der Waals surface area contributed by atoms with Crippen molar-refractivity contribution in [1.82, 2.24) is 5.32 Å². The highest BCUT2D eigenvalue weighted by atomic mass is 16.6. The number of unbranched alkanes of at least 4 members (excludes halogenated alkanes) is 13. The van der Waals surface area contributed by atoms with Crippen molar-refractivity contribution >= 4 is 17.3 Å². The van der Waals surface area contributed by atoms with E-state index in [0.717, 1.165) is 37.5 Å². The zero-order valence-electron chi connectivity index (χ0n) is 18.8. The minimum atomic E-state index is -0.769. The van der Waals surface area contributed by atoms with Crippen molar-refractivity contribution in [3.8, 4) is 0 Å². The van der Waals surface area contributed by atoms with Crippen LogP contribution in [0.2, 0.25) is 0 Å². The van der Waals surface area contributed by atoms with Crippen LogP contribution >= 0.6 is 0 Å². The number of rotatable bonds is 18. The van der Waals surface area contributed by atoms with Crippen LogP contribution < -0.4 is 5.32 Å². The first kappa shape index (κ1) is 26.5. The second-order valence-electron chi connectivity index (χ2n) is 8.07. The van der Waals surface area contributed by atoms with Crippen LogP contribution in [0.15, 0.2) is 18.2 Å². The van der Waals surface area contributed by atoms with E-state index in [-0.39, 0.29) is 5.56 Å². The maximum absolute atomic E-state index is 12.2. The predicted octanol–water partition coefficient (Wildman–Crippen LogP) is 6.71. The number of nitro groups is 2. The Labute approximate surface area is 185 Å². The fourth-order valence-corrected chi connectivity index (χ4v) is 3.59. The van der Waals surface area contributed by atoms with Gasteiger partial charge in [-0.15, -0.1) is 0 Å². The molecule has 0 unspecified atom stereocenters. The Kier molecular flexibility index (Phi) is 13.9. The first-order valence-corrected chi connectivity index (χ1v) is 11.7. The molecule has 0 heterocycles. The van der Waals surface area contributed by atoms with E-state index in [1.807, 2.05) is 0 Å². The van der Waals surface area contributed by atoms with Gasteiger partial charge < -0.3 is 5.32 Å². The number of nitrogens with one attached hydrogen (secondary N) is 1. The number of nitrogens with zero attached hydrogens (tertiary/aromatic N) is 2. The minimum Gasteiger partial charge on any atom is -0.352 e. The second kappa shape index (κ2) is 16.2. The Balaban J connectivity index is 2.10. The highest BCUT2D eigenvalue weighted by Gasteiger charge is 2.23. The lowest BCUT2D eigenvalue weighted by Crippen LogP contribution is -2.25. The first-order chi connectivity index (χ1) is 15.0. The highest BCUT2D eigenvalue weighted by Crippen LogP contribution is 2.24. The number of carbonyl (C=O) groups excluding carboxylic acids is 1. The van der Waals surface area contributed by atoms with E-state index in [1.165, 1.54) is 70.6 Å². The van der Waals surface area contributed by atoms with Crippen molar-refractivity contribution in [2.75, 3.05) is 6.54 Å². The number of amides is 1. The molecule has 1 amide bonds. The zero-order valence-corrected chi connectivity index (χ0v) is 18.8. The van der Waals surface area contributed by atoms with Crippen molar-refractivity contribution in [1.29, 1.82) is 0 Å². The number of benzene rings is 1. The Bertz CT molecular complexity index is 694. The third-order valence-electron chi connectivity index (χ3n) is 5.45. The first-order valence-electron chi connectivity index (χ1n) is 11.7. The van der Waals surface area contributed by atoms with Crippen molar-refractivity contribution in [2.45, 2.75) is 96.8 Å². The average molecular weight is 436 g/mol. The van der Waals surface area contributed by atoms with Gasteiger partial charge in [0.2, 0.25) is 0 Å². The molecule has 31 heavy (non-hydrogen) atoms. The van der Waals surface area contributed by atoms with Crippen LogP contribution in [-0.2, 0) is 0 Å². The third kappa shape index (κ3) is 11.5. The van der Waals surface area contributed by atoms with Gasteiger partial charge in [0, 0.05) is 12.6 Å². The van der Waals surface area contributed by atoms with Crippen LogP contribution in [-0.4, -0.2) is 22.3 Å². The zero-order chi connectivity index (χ0) is 22.9. The molecule has 8 heteroatoms. The molecule has 1 aromatic rings.